The predicted octanol–water partition coefficient (Wildman–Crippen LogP) is 3.30. The third-order valence-corrected chi connectivity index (χ3v) is 6.10. The van der Waals surface area contributed by atoms with Crippen LogP contribution in [0.15, 0.2) is 17.5 Å². The van der Waals surface area contributed by atoms with E-state index >= 15 is 0 Å². The van der Waals surface area contributed by atoms with Crippen LogP contribution < -0.4 is 11.1 Å². The molecule has 0 aliphatic heterocycles. The Balaban J connectivity index is 0.00000161. The first-order valence-corrected chi connectivity index (χ1v) is 8.62. The van der Waals surface area contributed by atoms with Gasteiger partial charge in [0.25, 0.3) is 0 Å². The predicted molar refractivity (Wildman–Crippen MR) is 90.0 cm³/mol. The van der Waals surface area contributed by atoms with Crippen molar-refractivity contribution in [3.8, 4) is 0 Å². The molecule has 2 bridgehead atoms. The molecule has 2 aliphatic rings. The highest BCUT2D eigenvalue weighted by Crippen LogP contribution is 2.40. The molecular formula is C16H25ClN2OS. The number of carbonyl (C=O) groups excluding carboxylic acids is 1. The fourth-order valence-electron chi connectivity index (χ4n) is 3.98. The van der Waals surface area contributed by atoms with Gasteiger partial charge in [0.2, 0.25) is 5.91 Å². The first kappa shape index (κ1) is 16.8. The van der Waals surface area contributed by atoms with Gasteiger partial charge >= 0.3 is 0 Å². The number of rotatable bonds is 3. The number of carbonyl (C=O) groups is 1. The molecule has 5 heteroatoms. The molecule has 3 N–H and O–H groups in total. The summed E-state index contributed by atoms with van der Waals surface area (Å²) in [5.41, 5.74) is 6.14. The van der Waals surface area contributed by atoms with Crippen molar-refractivity contribution < 1.29 is 4.79 Å². The van der Waals surface area contributed by atoms with Crippen LogP contribution in [0.1, 0.15) is 49.8 Å². The molecule has 0 saturated heterocycles. The number of nitrogens with one attached hydrogen (secondary N) is 1. The molecule has 21 heavy (non-hydrogen) atoms. The van der Waals surface area contributed by atoms with Crippen LogP contribution in [0.4, 0.5) is 0 Å². The van der Waals surface area contributed by atoms with Crippen LogP contribution >= 0.6 is 23.7 Å². The normalized spacial score (nSPS) is 32.9. The van der Waals surface area contributed by atoms with Crippen LogP contribution in [0.25, 0.3) is 0 Å². The van der Waals surface area contributed by atoms with E-state index in [1.807, 2.05) is 24.4 Å². The minimum absolute atomic E-state index is 0. The van der Waals surface area contributed by atoms with Gasteiger partial charge in [-0.25, -0.2) is 0 Å². The van der Waals surface area contributed by atoms with Crippen LogP contribution in [0.2, 0.25) is 0 Å². The van der Waals surface area contributed by atoms with Gasteiger partial charge in [0.05, 0.1) is 5.92 Å². The molecule has 1 heterocycles. The topological polar surface area (TPSA) is 55.1 Å². The van der Waals surface area contributed by atoms with Crippen molar-refractivity contribution in [2.75, 3.05) is 0 Å². The van der Waals surface area contributed by atoms with Gasteiger partial charge in [-0.05, 0) is 55.9 Å². The van der Waals surface area contributed by atoms with E-state index in [0.717, 1.165) is 17.7 Å². The Morgan fingerprint density at radius 2 is 2.05 bits per heavy atom. The van der Waals surface area contributed by atoms with E-state index in [9.17, 15) is 4.79 Å². The monoisotopic (exact) mass is 328 g/mol. The zero-order chi connectivity index (χ0) is 14.1. The smallest absolute Gasteiger partial charge is 0.228 e. The molecule has 3 unspecified atom stereocenters. The molecule has 1 aromatic heterocycles. The Hall–Kier alpha value is -0.580. The summed E-state index contributed by atoms with van der Waals surface area (Å²) in [7, 11) is 0. The second kappa shape index (κ2) is 7.12. The Morgan fingerprint density at radius 3 is 2.62 bits per heavy atom. The quantitative estimate of drug-likeness (QED) is 0.894. The first-order valence-electron chi connectivity index (χ1n) is 7.74. The Morgan fingerprint density at radius 1 is 1.38 bits per heavy atom. The standard InChI is InChI=1S/C16H24N2OS.ClH/c1-10(14-6-3-7-20-14)16(19)18-15-11-4-2-5-12(15)9-13(17)8-11;/h3,6-7,10-13,15H,2,4-5,8-9,17H2,1H3,(H,18,19);1H. The van der Waals surface area contributed by atoms with Crippen LogP contribution in [0.3, 0.4) is 0 Å². The average Bonchev–Trinajstić information content (AvgIpc) is 2.92. The van der Waals surface area contributed by atoms with Crippen molar-refractivity contribution in [2.24, 2.45) is 17.6 Å². The number of amides is 1. The third-order valence-electron chi connectivity index (χ3n) is 5.05. The maximum atomic E-state index is 12.5. The fourth-order valence-corrected chi connectivity index (χ4v) is 4.76. The van der Waals surface area contributed by atoms with Crippen LogP contribution in [-0.4, -0.2) is 18.0 Å². The van der Waals surface area contributed by atoms with E-state index in [1.54, 1.807) is 11.3 Å². The second-order valence-electron chi connectivity index (χ2n) is 6.45. The molecule has 2 fully saturated rings. The summed E-state index contributed by atoms with van der Waals surface area (Å²) in [5.74, 6) is 1.34. The molecular weight excluding hydrogens is 304 g/mol. The summed E-state index contributed by atoms with van der Waals surface area (Å²) >= 11 is 1.66. The van der Waals surface area contributed by atoms with Crippen molar-refractivity contribution in [3.05, 3.63) is 22.4 Å². The van der Waals surface area contributed by atoms with Crippen molar-refractivity contribution in [1.82, 2.24) is 5.32 Å². The minimum atomic E-state index is -0.0358. The molecule has 0 radical (unpaired) electrons. The van der Waals surface area contributed by atoms with Gasteiger partial charge in [-0.2, -0.15) is 0 Å². The molecule has 118 valence electrons. The Kier molecular flexibility index (Phi) is 5.69. The number of hydrogen-bond donors (Lipinski definition) is 2. The lowest BCUT2D eigenvalue weighted by atomic mass is 9.67. The molecule has 3 atom stereocenters. The van der Waals surface area contributed by atoms with Gasteiger partial charge in [-0.1, -0.05) is 12.5 Å². The molecule has 0 spiro atoms. The van der Waals surface area contributed by atoms with E-state index in [1.165, 1.54) is 19.3 Å². The number of nitrogens with two attached hydrogens (primary N) is 1. The molecule has 1 amide bonds. The van der Waals surface area contributed by atoms with E-state index in [2.05, 4.69) is 5.32 Å². The van der Waals surface area contributed by atoms with Crippen LogP contribution in [0, 0.1) is 11.8 Å². The van der Waals surface area contributed by atoms with E-state index in [4.69, 9.17) is 5.73 Å². The summed E-state index contributed by atoms with van der Waals surface area (Å²) in [6.07, 6.45) is 5.91. The number of fused-ring (bicyclic) bond motifs is 2. The van der Waals surface area contributed by atoms with Gasteiger partial charge in [0, 0.05) is 17.0 Å². The number of hydrogen-bond acceptors (Lipinski definition) is 3. The van der Waals surface area contributed by atoms with E-state index in [0.29, 0.717) is 23.9 Å². The molecule has 0 aromatic carbocycles. The lowest BCUT2D eigenvalue weighted by Crippen LogP contribution is -2.54. The van der Waals surface area contributed by atoms with E-state index < -0.39 is 0 Å². The van der Waals surface area contributed by atoms with Crippen molar-refractivity contribution in [1.29, 1.82) is 0 Å². The van der Waals surface area contributed by atoms with Gasteiger partial charge in [0.15, 0.2) is 0 Å². The summed E-state index contributed by atoms with van der Waals surface area (Å²) in [6.45, 7) is 2.01. The lowest BCUT2D eigenvalue weighted by Gasteiger charge is -2.45. The molecule has 2 saturated carbocycles. The highest BCUT2D eigenvalue weighted by molar-refractivity contribution is 7.10. The minimum Gasteiger partial charge on any atom is -0.352 e. The largest absolute Gasteiger partial charge is 0.352 e. The highest BCUT2D eigenvalue weighted by atomic mass is 35.5. The average molecular weight is 329 g/mol. The van der Waals surface area contributed by atoms with Crippen molar-refractivity contribution in [3.63, 3.8) is 0 Å². The maximum Gasteiger partial charge on any atom is 0.228 e. The summed E-state index contributed by atoms with van der Waals surface area (Å²) in [4.78, 5) is 13.6. The number of thiophene rings is 1. The van der Waals surface area contributed by atoms with E-state index in [-0.39, 0.29) is 24.2 Å². The lowest BCUT2D eigenvalue weighted by molar-refractivity contribution is -0.124. The summed E-state index contributed by atoms with van der Waals surface area (Å²) in [6, 6.07) is 4.76. The van der Waals surface area contributed by atoms with Crippen LogP contribution in [0.5, 0.6) is 0 Å². The zero-order valence-electron chi connectivity index (χ0n) is 12.5. The fraction of sp³-hybridized carbons (Fsp3) is 0.688. The number of halogens is 1. The molecule has 3 nitrogen and oxygen atoms in total. The van der Waals surface area contributed by atoms with Gasteiger partial charge in [-0.15, -0.1) is 23.7 Å². The van der Waals surface area contributed by atoms with Gasteiger partial charge in [0.1, 0.15) is 0 Å². The van der Waals surface area contributed by atoms with Crippen molar-refractivity contribution in [2.45, 2.75) is 57.0 Å². The Labute approximate surface area is 137 Å². The molecule has 2 aliphatic carbocycles. The molecule has 3 rings (SSSR count). The van der Waals surface area contributed by atoms with Crippen LogP contribution in [-0.2, 0) is 4.79 Å². The molecule has 1 aromatic rings. The van der Waals surface area contributed by atoms with Gasteiger partial charge in [-0.3, -0.25) is 4.79 Å². The third kappa shape index (κ3) is 3.61. The Bertz CT molecular complexity index is 451. The highest BCUT2D eigenvalue weighted by Gasteiger charge is 2.40. The maximum absolute atomic E-state index is 12.5. The zero-order valence-corrected chi connectivity index (χ0v) is 14.1. The van der Waals surface area contributed by atoms with Crippen molar-refractivity contribution >= 4 is 29.7 Å². The second-order valence-corrected chi connectivity index (χ2v) is 7.43. The first-order chi connectivity index (χ1) is 9.65. The summed E-state index contributed by atoms with van der Waals surface area (Å²) in [5, 5.41) is 5.38. The summed E-state index contributed by atoms with van der Waals surface area (Å²) < 4.78 is 0. The van der Waals surface area contributed by atoms with Gasteiger partial charge < -0.3 is 11.1 Å². The SMILES string of the molecule is CC(C(=O)NC1C2CCCC1CC(N)C2)c1cccs1.Cl.